The Balaban J connectivity index is 1.42. The van der Waals surface area contributed by atoms with Gasteiger partial charge in [-0.3, -0.25) is 4.40 Å². The van der Waals surface area contributed by atoms with Gasteiger partial charge in [0.25, 0.3) is 0 Å². The fourth-order valence-corrected chi connectivity index (χ4v) is 6.63. The molecule has 0 atom stereocenters. The number of fused-ring (bicyclic) bond motifs is 8. The Morgan fingerprint density at radius 2 is 1.41 bits per heavy atom. The molecule has 7 aromatic rings. The summed E-state index contributed by atoms with van der Waals surface area (Å²) in [6, 6.07) is 44.9. The Bertz CT molecular complexity index is 2420. The molecule has 0 aliphatic carbocycles. The molecule has 0 fully saturated rings. The van der Waals surface area contributed by atoms with Gasteiger partial charge < -0.3 is 4.90 Å². The highest BCUT2D eigenvalue weighted by Crippen LogP contribution is 2.37. The Kier molecular flexibility index (Phi) is 9.08. The van der Waals surface area contributed by atoms with Crippen LogP contribution in [0, 0.1) is 0 Å². The fraction of sp³-hybridized carbons (Fsp3) is 0.109. The molecule has 49 heavy (non-hydrogen) atoms. The van der Waals surface area contributed by atoms with Crippen LogP contribution in [0.25, 0.3) is 43.9 Å². The summed E-state index contributed by atoms with van der Waals surface area (Å²) >= 11 is 0. The number of para-hydroxylation sites is 3. The number of benzene rings is 5. The maximum Gasteiger partial charge on any atom is 0.146 e. The summed E-state index contributed by atoms with van der Waals surface area (Å²) in [7, 11) is 0. The molecule has 7 rings (SSSR count). The molecule has 0 saturated heterocycles. The molecule has 2 heterocycles. The molecule has 3 heteroatoms. The van der Waals surface area contributed by atoms with Gasteiger partial charge in [-0.1, -0.05) is 128 Å². The minimum Gasteiger partial charge on any atom is -0.311 e. The summed E-state index contributed by atoms with van der Waals surface area (Å²) in [5.74, 6) is 0. The van der Waals surface area contributed by atoms with Crippen LogP contribution >= 0.6 is 0 Å². The largest absolute Gasteiger partial charge is 0.311 e. The Labute approximate surface area is 289 Å². The first kappa shape index (κ1) is 31.7. The third-order valence-corrected chi connectivity index (χ3v) is 8.99. The number of pyridine rings is 1. The molecular formula is C46H41N3. The summed E-state index contributed by atoms with van der Waals surface area (Å²) in [6.45, 7) is 11.0. The predicted molar refractivity (Wildman–Crippen MR) is 211 cm³/mol. The van der Waals surface area contributed by atoms with Crippen molar-refractivity contribution in [2.45, 2.75) is 33.6 Å². The molecule has 2 aromatic heterocycles. The minimum absolute atomic E-state index is 0.855. The molecular weight excluding hydrogens is 595 g/mol. The smallest absolute Gasteiger partial charge is 0.146 e. The first-order chi connectivity index (χ1) is 24.0. The van der Waals surface area contributed by atoms with Crippen molar-refractivity contribution in [1.82, 2.24) is 9.38 Å². The number of hydrogen-bond donors (Lipinski definition) is 0. The molecule has 0 aliphatic heterocycles. The second-order valence-electron chi connectivity index (χ2n) is 12.6. The van der Waals surface area contributed by atoms with Crippen LogP contribution in [-0.2, 0) is 6.42 Å². The van der Waals surface area contributed by atoms with Gasteiger partial charge in [0.15, 0.2) is 0 Å². The van der Waals surface area contributed by atoms with E-state index in [0.717, 1.165) is 68.6 Å². The number of allylic oxidation sites excluding steroid dienone is 7. The van der Waals surface area contributed by atoms with Gasteiger partial charge in [0.05, 0.1) is 16.6 Å². The van der Waals surface area contributed by atoms with Crippen molar-refractivity contribution < 1.29 is 0 Å². The number of aromatic nitrogens is 2. The van der Waals surface area contributed by atoms with Crippen LogP contribution in [0.2, 0.25) is 0 Å². The zero-order valence-corrected chi connectivity index (χ0v) is 28.5. The third kappa shape index (κ3) is 6.36. The molecule has 0 radical (unpaired) electrons. The van der Waals surface area contributed by atoms with E-state index in [9.17, 15) is 0 Å². The van der Waals surface area contributed by atoms with Crippen molar-refractivity contribution in [3.05, 3.63) is 192 Å². The van der Waals surface area contributed by atoms with E-state index < -0.39 is 0 Å². The standard InChI is InChI=1S/C46H41N3/c1-5-17-37(23-16-20-35-18-8-6-9-19-35)48(43(33(2)3)31-28-34(4)36-21-10-7-11-22-36)38-29-30-40-41(32-38)39-24-12-14-26-44(39)49-45-27-15-13-25-42(45)47-46(40)49/h6-19,21-32H,4-5,20H2,1-3H3/b23-16-,31-28-,37-17+. The van der Waals surface area contributed by atoms with Gasteiger partial charge in [0.2, 0.25) is 0 Å². The van der Waals surface area contributed by atoms with Gasteiger partial charge >= 0.3 is 0 Å². The average molecular weight is 636 g/mol. The molecule has 5 aromatic carbocycles. The van der Waals surface area contributed by atoms with Crippen molar-refractivity contribution in [2.75, 3.05) is 4.90 Å². The first-order valence-electron chi connectivity index (χ1n) is 17.1. The maximum absolute atomic E-state index is 5.14. The van der Waals surface area contributed by atoms with E-state index in [-0.39, 0.29) is 0 Å². The molecule has 0 amide bonds. The summed E-state index contributed by atoms with van der Waals surface area (Å²) in [6.07, 6.45) is 13.0. The van der Waals surface area contributed by atoms with Crippen LogP contribution in [-0.4, -0.2) is 9.38 Å². The second-order valence-corrected chi connectivity index (χ2v) is 12.6. The Morgan fingerprint density at radius 1 is 0.714 bits per heavy atom. The SMILES string of the molecule is C=C(/C=C\C(=C(C)C)N(C(/C=C\Cc1ccccc1)=C/CC)c1ccc2c(c1)c1ccccc1n1c3ccccc3nc21)c1ccccc1. The van der Waals surface area contributed by atoms with Crippen LogP contribution in [0.5, 0.6) is 0 Å². The van der Waals surface area contributed by atoms with Crippen molar-refractivity contribution in [3.8, 4) is 0 Å². The third-order valence-electron chi connectivity index (χ3n) is 8.99. The van der Waals surface area contributed by atoms with Crippen LogP contribution in [0.1, 0.15) is 38.3 Å². The lowest BCUT2D eigenvalue weighted by molar-refractivity contribution is 1.07. The van der Waals surface area contributed by atoms with E-state index in [2.05, 4.69) is 188 Å². The summed E-state index contributed by atoms with van der Waals surface area (Å²) in [5, 5.41) is 3.50. The van der Waals surface area contributed by atoms with E-state index in [1.165, 1.54) is 21.9 Å². The second kappa shape index (κ2) is 14.0. The number of hydrogen-bond acceptors (Lipinski definition) is 2. The fourth-order valence-electron chi connectivity index (χ4n) is 6.63. The van der Waals surface area contributed by atoms with Gasteiger partial charge in [0.1, 0.15) is 5.65 Å². The molecule has 3 nitrogen and oxygen atoms in total. The normalized spacial score (nSPS) is 12.2. The van der Waals surface area contributed by atoms with Gasteiger partial charge in [-0.15, -0.1) is 0 Å². The van der Waals surface area contributed by atoms with E-state index in [4.69, 9.17) is 4.98 Å². The molecule has 0 aliphatic rings. The van der Waals surface area contributed by atoms with E-state index in [1.54, 1.807) is 0 Å². The minimum atomic E-state index is 0.855. The summed E-state index contributed by atoms with van der Waals surface area (Å²) in [4.78, 5) is 7.54. The lowest BCUT2D eigenvalue weighted by atomic mass is 10.0. The zero-order valence-electron chi connectivity index (χ0n) is 28.5. The Hall–Kier alpha value is -5.93. The first-order valence-corrected chi connectivity index (χ1v) is 17.1. The van der Waals surface area contributed by atoms with Crippen molar-refractivity contribution in [3.63, 3.8) is 0 Å². The van der Waals surface area contributed by atoms with E-state index in [1.807, 2.05) is 6.07 Å². The molecule has 0 N–H and O–H groups in total. The quantitative estimate of drug-likeness (QED) is 0.110. The molecule has 0 bridgehead atoms. The van der Waals surface area contributed by atoms with Crippen molar-refractivity contribution >= 4 is 49.6 Å². The zero-order chi connectivity index (χ0) is 33.7. The number of imidazole rings is 1. The summed E-state index contributed by atoms with van der Waals surface area (Å²) < 4.78 is 2.30. The number of nitrogens with zero attached hydrogens (tertiary/aromatic N) is 3. The number of anilines is 1. The van der Waals surface area contributed by atoms with Gasteiger partial charge in [-0.2, -0.15) is 0 Å². The highest BCUT2D eigenvalue weighted by atomic mass is 15.2. The maximum atomic E-state index is 5.14. The topological polar surface area (TPSA) is 20.5 Å². The van der Waals surface area contributed by atoms with Gasteiger partial charge in [-0.25, -0.2) is 4.98 Å². The highest BCUT2D eigenvalue weighted by Gasteiger charge is 2.19. The lowest BCUT2D eigenvalue weighted by Crippen LogP contribution is -2.21. The number of rotatable bonds is 10. The van der Waals surface area contributed by atoms with E-state index >= 15 is 0 Å². The van der Waals surface area contributed by atoms with Crippen LogP contribution in [0.4, 0.5) is 5.69 Å². The summed E-state index contributed by atoms with van der Waals surface area (Å²) in [5.41, 5.74) is 12.1. The molecule has 0 spiro atoms. The van der Waals surface area contributed by atoms with Crippen LogP contribution in [0.15, 0.2) is 181 Å². The van der Waals surface area contributed by atoms with Crippen molar-refractivity contribution in [1.29, 1.82) is 0 Å². The lowest BCUT2D eigenvalue weighted by Gasteiger charge is -2.29. The van der Waals surface area contributed by atoms with Crippen LogP contribution in [0.3, 0.4) is 0 Å². The van der Waals surface area contributed by atoms with Gasteiger partial charge in [-0.05, 0) is 97.3 Å². The monoisotopic (exact) mass is 635 g/mol. The van der Waals surface area contributed by atoms with Crippen molar-refractivity contribution in [2.24, 2.45) is 0 Å². The molecule has 0 saturated carbocycles. The average Bonchev–Trinajstić information content (AvgIpc) is 3.54. The van der Waals surface area contributed by atoms with Crippen LogP contribution < -0.4 is 4.90 Å². The van der Waals surface area contributed by atoms with E-state index in [0.29, 0.717) is 0 Å². The Morgan fingerprint density at radius 3 is 2.16 bits per heavy atom. The molecule has 240 valence electrons. The van der Waals surface area contributed by atoms with Gasteiger partial charge in [0, 0.05) is 27.9 Å². The highest BCUT2D eigenvalue weighted by molar-refractivity contribution is 6.14. The molecule has 0 unspecified atom stereocenters. The predicted octanol–water partition coefficient (Wildman–Crippen LogP) is 12.3.